The van der Waals surface area contributed by atoms with E-state index in [-0.39, 0.29) is 11.6 Å². The molecule has 0 bridgehead atoms. The Morgan fingerprint density at radius 3 is 2.43 bits per heavy atom. The second kappa shape index (κ2) is 5.93. The predicted molar refractivity (Wildman–Crippen MR) is 97.4 cm³/mol. The van der Waals surface area contributed by atoms with Crippen LogP contribution in [0.2, 0.25) is 0 Å². The van der Waals surface area contributed by atoms with Crippen LogP contribution in [-0.4, -0.2) is 15.6 Å². The average Bonchev–Trinajstić information content (AvgIpc) is 2.89. The van der Waals surface area contributed by atoms with Gasteiger partial charge >= 0.3 is 0 Å². The molecule has 1 saturated heterocycles. The van der Waals surface area contributed by atoms with Crippen LogP contribution < -0.4 is 10.2 Å². The Labute approximate surface area is 142 Å². The number of anilines is 1. The average molecular weight is 323 g/mol. The van der Waals surface area contributed by atoms with Crippen LogP contribution in [0.3, 0.4) is 0 Å². The summed E-state index contributed by atoms with van der Waals surface area (Å²) in [5.74, 6) is 0. The van der Waals surface area contributed by atoms with Crippen molar-refractivity contribution in [3.8, 4) is 0 Å². The molecule has 4 rings (SSSR count). The fourth-order valence-electron chi connectivity index (χ4n) is 4.18. The molecule has 1 aliphatic heterocycles. The summed E-state index contributed by atoms with van der Waals surface area (Å²) in [6, 6.07) is 16.9. The van der Waals surface area contributed by atoms with Crippen molar-refractivity contribution in [2.24, 2.45) is 0 Å². The van der Waals surface area contributed by atoms with Gasteiger partial charge in [-0.15, -0.1) is 0 Å². The van der Waals surface area contributed by atoms with Crippen molar-refractivity contribution in [2.75, 3.05) is 4.90 Å². The van der Waals surface area contributed by atoms with Gasteiger partial charge in [0.1, 0.15) is 0 Å². The van der Waals surface area contributed by atoms with Crippen LogP contribution in [0.5, 0.6) is 0 Å². The maximum atomic E-state index is 5.74. The van der Waals surface area contributed by atoms with Crippen molar-refractivity contribution in [1.29, 1.82) is 0 Å². The molecule has 2 fully saturated rings. The van der Waals surface area contributed by atoms with E-state index in [4.69, 9.17) is 12.2 Å². The molecule has 3 nitrogen and oxygen atoms in total. The maximum absolute atomic E-state index is 5.74. The van der Waals surface area contributed by atoms with Crippen LogP contribution in [0.1, 0.15) is 43.8 Å². The van der Waals surface area contributed by atoms with Gasteiger partial charge in [-0.05, 0) is 49.3 Å². The van der Waals surface area contributed by atoms with Crippen LogP contribution in [0.25, 0.3) is 0 Å². The van der Waals surface area contributed by atoms with Gasteiger partial charge in [-0.3, -0.25) is 4.98 Å². The lowest BCUT2D eigenvalue weighted by Crippen LogP contribution is -2.50. The fraction of sp³-hybridized carbons (Fsp3) is 0.368. The third-order valence-electron chi connectivity index (χ3n) is 5.17. The maximum Gasteiger partial charge on any atom is 0.174 e. The van der Waals surface area contributed by atoms with Gasteiger partial charge in [0.15, 0.2) is 5.11 Å². The van der Waals surface area contributed by atoms with Crippen molar-refractivity contribution in [3.63, 3.8) is 0 Å². The molecule has 2 heterocycles. The van der Waals surface area contributed by atoms with Crippen LogP contribution in [-0.2, 0) is 0 Å². The molecule has 2 aromatic rings. The van der Waals surface area contributed by atoms with Gasteiger partial charge in [0.25, 0.3) is 0 Å². The summed E-state index contributed by atoms with van der Waals surface area (Å²) >= 11 is 5.74. The molecule has 4 heteroatoms. The lowest BCUT2D eigenvalue weighted by molar-refractivity contribution is 0.259. The molecule has 1 aromatic carbocycles. The lowest BCUT2D eigenvalue weighted by atomic mass is 9.75. The van der Waals surface area contributed by atoms with E-state index in [0.29, 0.717) is 0 Å². The van der Waals surface area contributed by atoms with Gasteiger partial charge in [0.05, 0.1) is 17.3 Å². The summed E-state index contributed by atoms with van der Waals surface area (Å²) in [7, 11) is 0. The van der Waals surface area contributed by atoms with Crippen molar-refractivity contribution >= 4 is 23.0 Å². The van der Waals surface area contributed by atoms with Crippen molar-refractivity contribution < 1.29 is 0 Å². The van der Waals surface area contributed by atoms with E-state index >= 15 is 0 Å². The van der Waals surface area contributed by atoms with Gasteiger partial charge in [-0.25, -0.2) is 0 Å². The monoisotopic (exact) mass is 323 g/mol. The normalized spacial score (nSPS) is 23.0. The molecule has 0 unspecified atom stereocenters. The summed E-state index contributed by atoms with van der Waals surface area (Å²) in [4.78, 5) is 6.99. The third-order valence-corrected chi connectivity index (χ3v) is 5.47. The molecule has 2 aliphatic rings. The highest BCUT2D eigenvalue weighted by molar-refractivity contribution is 7.80. The Kier molecular flexibility index (Phi) is 3.77. The minimum absolute atomic E-state index is 0.00500. The van der Waals surface area contributed by atoms with E-state index in [1.807, 2.05) is 12.3 Å². The molecule has 23 heavy (non-hydrogen) atoms. The first-order valence-electron chi connectivity index (χ1n) is 8.38. The predicted octanol–water partition coefficient (Wildman–Crippen LogP) is 4.22. The molecular weight excluding hydrogens is 302 g/mol. The molecule has 1 atom stereocenters. The Morgan fingerprint density at radius 1 is 1.00 bits per heavy atom. The van der Waals surface area contributed by atoms with Crippen LogP contribution in [0, 0.1) is 0 Å². The Hall–Kier alpha value is -1.94. The SMILES string of the molecule is S=C1N[C@H](c2ccccn2)C2(CCCCC2)N1c1ccccc1. The van der Waals surface area contributed by atoms with Gasteiger partial charge in [0, 0.05) is 11.9 Å². The number of hydrogen-bond acceptors (Lipinski definition) is 2. The first-order chi connectivity index (χ1) is 11.3. The Morgan fingerprint density at radius 2 is 1.74 bits per heavy atom. The number of rotatable bonds is 2. The summed E-state index contributed by atoms with van der Waals surface area (Å²) in [5.41, 5.74) is 2.28. The van der Waals surface area contributed by atoms with Crippen LogP contribution in [0.4, 0.5) is 5.69 Å². The number of benzene rings is 1. The van der Waals surface area contributed by atoms with E-state index in [0.717, 1.165) is 23.6 Å². The fourth-order valence-corrected chi connectivity index (χ4v) is 4.58. The highest BCUT2D eigenvalue weighted by Gasteiger charge is 2.52. The summed E-state index contributed by atoms with van der Waals surface area (Å²) in [5, 5.41) is 4.40. The van der Waals surface area contributed by atoms with Crippen LogP contribution in [0.15, 0.2) is 54.7 Å². The second-order valence-corrected chi connectivity index (χ2v) is 6.86. The minimum atomic E-state index is 0.00500. The number of hydrogen-bond donors (Lipinski definition) is 1. The molecule has 1 saturated carbocycles. The molecule has 1 aliphatic carbocycles. The van der Waals surface area contributed by atoms with Gasteiger partial charge in [-0.2, -0.15) is 0 Å². The summed E-state index contributed by atoms with van der Waals surface area (Å²) in [6.07, 6.45) is 7.98. The molecular formula is C19H21N3S. The zero-order valence-electron chi connectivity index (χ0n) is 13.1. The first kappa shape index (κ1) is 14.6. The second-order valence-electron chi connectivity index (χ2n) is 6.47. The summed E-state index contributed by atoms with van der Waals surface area (Å²) in [6.45, 7) is 0. The molecule has 1 N–H and O–H groups in total. The number of thiocarbonyl (C=S) groups is 1. The zero-order chi connectivity index (χ0) is 15.7. The number of aromatic nitrogens is 1. The van der Waals surface area contributed by atoms with E-state index < -0.39 is 0 Å². The largest absolute Gasteiger partial charge is 0.351 e. The number of para-hydroxylation sites is 1. The van der Waals surface area contributed by atoms with Gasteiger partial charge in [-0.1, -0.05) is 43.5 Å². The van der Waals surface area contributed by atoms with E-state index in [1.165, 1.54) is 24.9 Å². The zero-order valence-corrected chi connectivity index (χ0v) is 13.9. The standard InChI is InChI=1S/C19H21N3S/c23-18-21-17(16-11-5-8-14-20-16)19(12-6-2-7-13-19)22(18)15-9-3-1-4-10-15/h1,3-5,8-11,14,17H,2,6-7,12-13H2,(H,21,23)/t17-/m1/s1. The van der Waals surface area contributed by atoms with E-state index in [2.05, 4.69) is 57.7 Å². The summed E-state index contributed by atoms with van der Waals surface area (Å²) < 4.78 is 0. The van der Waals surface area contributed by atoms with Gasteiger partial charge < -0.3 is 10.2 Å². The Balaban J connectivity index is 1.81. The minimum Gasteiger partial charge on any atom is -0.351 e. The highest BCUT2D eigenvalue weighted by atomic mass is 32.1. The molecule has 1 aromatic heterocycles. The number of pyridine rings is 1. The quantitative estimate of drug-likeness (QED) is 0.838. The van der Waals surface area contributed by atoms with Crippen molar-refractivity contribution in [2.45, 2.75) is 43.7 Å². The topological polar surface area (TPSA) is 28.2 Å². The van der Waals surface area contributed by atoms with Gasteiger partial charge in [0.2, 0.25) is 0 Å². The number of nitrogens with zero attached hydrogens (tertiary/aromatic N) is 2. The van der Waals surface area contributed by atoms with Crippen LogP contribution >= 0.6 is 12.2 Å². The number of nitrogens with one attached hydrogen (secondary N) is 1. The van der Waals surface area contributed by atoms with E-state index in [9.17, 15) is 0 Å². The first-order valence-corrected chi connectivity index (χ1v) is 8.79. The molecule has 118 valence electrons. The van der Waals surface area contributed by atoms with Crippen molar-refractivity contribution in [1.82, 2.24) is 10.3 Å². The highest BCUT2D eigenvalue weighted by Crippen LogP contribution is 2.48. The third kappa shape index (κ3) is 2.41. The smallest absolute Gasteiger partial charge is 0.174 e. The molecule has 1 spiro atoms. The van der Waals surface area contributed by atoms with E-state index in [1.54, 1.807) is 0 Å². The van der Waals surface area contributed by atoms with Crippen molar-refractivity contribution in [3.05, 3.63) is 60.4 Å². The molecule has 0 amide bonds. The molecule has 0 radical (unpaired) electrons. The lowest BCUT2D eigenvalue weighted by Gasteiger charge is -2.44. The Bertz CT molecular complexity index is 680.